The second kappa shape index (κ2) is 13.4. The highest BCUT2D eigenvalue weighted by Crippen LogP contribution is 2.17. The molecule has 0 unspecified atom stereocenters. The lowest BCUT2D eigenvalue weighted by atomic mass is 10.2. The van der Waals surface area contributed by atoms with Crippen molar-refractivity contribution in [2.75, 3.05) is 49.2 Å². The molecular formula is C26H29N5O4S2. The van der Waals surface area contributed by atoms with E-state index >= 15 is 0 Å². The molecule has 1 aliphatic rings. The van der Waals surface area contributed by atoms with Crippen molar-refractivity contribution < 1.29 is 24.0 Å². The van der Waals surface area contributed by atoms with Crippen LogP contribution in [0.2, 0.25) is 0 Å². The summed E-state index contributed by atoms with van der Waals surface area (Å²) in [4.78, 5) is 32.4. The number of aliphatic imine (C=N–C) groups is 1. The summed E-state index contributed by atoms with van der Waals surface area (Å²) in [5.74, 6) is 0.412. The molecule has 2 heterocycles. The first-order valence-electron chi connectivity index (χ1n) is 12.1. The highest BCUT2D eigenvalue weighted by atomic mass is 32.2. The van der Waals surface area contributed by atoms with Crippen molar-refractivity contribution in [3.63, 3.8) is 0 Å². The number of aromatic nitrogens is 2. The molecule has 0 N–H and O–H groups in total. The summed E-state index contributed by atoms with van der Waals surface area (Å²) >= 11 is 2.45. The van der Waals surface area contributed by atoms with E-state index in [-0.39, 0.29) is 22.0 Å². The molecule has 0 radical (unpaired) electrons. The summed E-state index contributed by atoms with van der Waals surface area (Å²) in [6, 6.07) is 18.3. The van der Waals surface area contributed by atoms with Crippen molar-refractivity contribution in [1.29, 1.82) is 0 Å². The Balaban J connectivity index is 1.19. The lowest BCUT2D eigenvalue weighted by molar-refractivity contribution is -0.759. The van der Waals surface area contributed by atoms with Crippen LogP contribution in [0, 0.1) is 5.92 Å². The van der Waals surface area contributed by atoms with Crippen LogP contribution in [0.25, 0.3) is 0 Å². The summed E-state index contributed by atoms with van der Waals surface area (Å²) in [5.41, 5.74) is 1.34. The van der Waals surface area contributed by atoms with Gasteiger partial charge in [0.05, 0.1) is 17.9 Å². The van der Waals surface area contributed by atoms with Crippen LogP contribution in [-0.2, 0) is 0 Å². The van der Waals surface area contributed by atoms with E-state index in [9.17, 15) is 14.7 Å². The third kappa shape index (κ3) is 7.91. The Hall–Kier alpha value is -3.15. The van der Waals surface area contributed by atoms with Crippen molar-refractivity contribution in [3.8, 4) is 0 Å². The van der Waals surface area contributed by atoms with Crippen LogP contribution >= 0.6 is 23.5 Å². The lowest BCUT2D eigenvalue weighted by Crippen LogP contribution is -2.65. The minimum absolute atomic E-state index is 0.0710. The van der Waals surface area contributed by atoms with Crippen LogP contribution in [-0.4, -0.2) is 70.5 Å². The van der Waals surface area contributed by atoms with Gasteiger partial charge in [0.15, 0.2) is 0 Å². The van der Waals surface area contributed by atoms with Crippen molar-refractivity contribution >= 4 is 45.5 Å². The number of carbonyl (C=O) groups is 2. The van der Waals surface area contributed by atoms with Crippen molar-refractivity contribution in [2.24, 2.45) is 10.9 Å². The highest BCUT2D eigenvalue weighted by Gasteiger charge is 2.26. The zero-order chi connectivity index (χ0) is 26.0. The van der Waals surface area contributed by atoms with Crippen LogP contribution in [0.3, 0.4) is 0 Å². The molecule has 1 saturated heterocycles. The first kappa shape index (κ1) is 26.9. The van der Waals surface area contributed by atoms with E-state index in [1.807, 2.05) is 53.5 Å². The zero-order valence-corrected chi connectivity index (χ0v) is 22.2. The molecule has 1 aromatic heterocycles. The van der Waals surface area contributed by atoms with Gasteiger partial charge in [-0.15, -0.1) is 0 Å². The zero-order valence-electron chi connectivity index (χ0n) is 20.6. The molecule has 37 heavy (non-hydrogen) atoms. The van der Waals surface area contributed by atoms with E-state index in [4.69, 9.17) is 4.52 Å². The highest BCUT2D eigenvalue weighted by molar-refractivity contribution is 8.14. The van der Waals surface area contributed by atoms with Gasteiger partial charge in [-0.25, -0.2) is 4.99 Å². The number of thioether (sulfide) groups is 2. The first-order chi connectivity index (χ1) is 18.0. The van der Waals surface area contributed by atoms with Crippen molar-refractivity contribution in [1.82, 2.24) is 10.2 Å². The minimum Gasteiger partial charge on any atom is -0.861 e. The van der Waals surface area contributed by atoms with E-state index in [1.165, 1.54) is 11.8 Å². The molecule has 194 valence electrons. The molecule has 0 bridgehead atoms. The largest absolute Gasteiger partial charge is 0.861 e. The average molecular weight is 540 g/mol. The van der Waals surface area contributed by atoms with Gasteiger partial charge < -0.3 is 5.11 Å². The second-order valence-corrected chi connectivity index (χ2v) is 10.6. The molecule has 11 heteroatoms. The maximum absolute atomic E-state index is 12.5. The molecule has 1 fully saturated rings. The number of piperazine rings is 1. The van der Waals surface area contributed by atoms with Gasteiger partial charge in [-0.3, -0.25) is 19.0 Å². The minimum atomic E-state index is -0.439. The average Bonchev–Trinajstić information content (AvgIpc) is 3.41. The summed E-state index contributed by atoms with van der Waals surface area (Å²) in [6.45, 7) is 5.70. The van der Waals surface area contributed by atoms with E-state index in [0.29, 0.717) is 11.3 Å². The van der Waals surface area contributed by atoms with Crippen LogP contribution in [0.5, 0.6) is 0 Å². The third-order valence-corrected chi connectivity index (χ3v) is 7.90. The molecule has 0 aliphatic carbocycles. The smallest absolute Gasteiger partial charge is 0.324 e. The molecule has 0 amide bonds. The maximum Gasteiger partial charge on any atom is 0.324 e. The van der Waals surface area contributed by atoms with Crippen LogP contribution in [0.1, 0.15) is 27.6 Å². The maximum atomic E-state index is 12.5. The number of hydrogen-bond donors (Lipinski definition) is 0. The molecule has 1 aliphatic heterocycles. The first-order valence-corrected chi connectivity index (χ1v) is 14.0. The second-order valence-electron chi connectivity index (χ2n) is 8.57. The van der Waals surface area contributed by atoms with Gasteiger partial charge in [0.25, 0.3) is 6.20 Å². The van der Waals surface area contributed by atoms with E-state index in [0.717, 1.165) is 55.8 Å². The SMILES string of the molecule is C[C@H](CSC(=O)c1ccccc1)C([O-])=Nc1c[n+](N2CCN(CCSC(=O)c3ccccc3)CC2)no1. The van der Waals surface area contributed by atoms with Gasteiger partial charge in [-0.1, -0.05) is 91.1 Å². The Morgan fingerprint density at radius 2 is 1.59 bits per heavy atom. The molecule has 0 saturated carbocycles. The molecule has 2 aromatic carbocycles. The van der Waals surface area contributed by atoms with Gasteiger partial charge in [0, 0.05) is 42.3 Å². The number of rotatable bonds is 10. The molecule has 3 aromatic rings. The van der Waals surface area contributed by atoms with Gasteiger partial charge in [-0.05, 0) is 11.8 Å². The number of benzene rings is 2. The summed E-state index contributed by atoms with van der Waals surface area (Å²) in [7, 11) is 0. The molecule has 4 rings (SSSR count). The topological polar surface area (TPSA) is 106 Å². The van der Waals surface area contributed by atoms with Crippen LogP contribution in [0.15, 0.2) is 76.4 Å². The van der Waals surface area contributed by atoms with E-state index in [2.05, 4.69) is 15.2 Å². The molecule has 1 atom stereocenters. The Morgan fingerprint density at radius 3 is 2.22 bits per heavy atom. The van der Waals surface area contributed by atoms with Gasteiger partial charge >= 0.3 is 5.88 Å². The van der Waals surface area contributed by atoms with E-state index < -0.39 is 5.92 Å². The van der Waals surface area contributed by atoms with Gasteiger partial charge in [0.2, 0.25) is 15.5 Å². The van der Waals surface area contributed by atoms with Gasteiger partial charge in [-0.2, -0.15) is 5.01 Å². The van der Waals surface area contributed by atoms with Gasteiger partial charge in [0.1, 0.15) is 0 Å². The van der Waals surface area contributed by atoms with Crippen molar-refractivity contribution in [2.45, 2.75) is 6.92 Å². The fourth-order valence-corrected chi connectivity index (χ4v) is 5.34. The Labute approximate surface area is 224 Å². The summed E-state index contributed by atoms with van der Waals surface area (Å²) < 4.78 is 5.25. The molecule has 9 nitrogen and oxygen atoms in total. The predicted molar refractivity (Wildman–Crippen MR) is 144 cm³/mol. The van der Waals surface area contributed by atoms with Crippen LogP contribution < -0.4 is 14.9 Å². The Morgan fingerprint density at radius 1 is 1.00 bits per heavy atom. The normalized spacial score (nSPS) is 15.5. The molecular weight excluding hydrogens is 510 g/mol. The number of nitrogens with zero attached hydrogens (tertiary/aromatic N) is 5. The van der Waals surface area contributed by atoms with E-state index in [1.54, 1.807) is 30.0 Å². The predicted octanol–water partition coefficient (Wildman–Crippen LogP) is 2.39. The Kier molecular flexibility index (Phi) is 9.75. The number of hydrogen-bond acceptors (Lipinski definition) is 10. The fourth-order valence-electron chi connectivity index (χ4n) is 3.65. The Bertz CT molecular complexity index is 1200. The van der Waals surface area contributed by atoms with Crippen LogP contribution in [0.4, 0.5) is 5.88 Å². The standard InChI is InChI=1S/C26H29N5O4S2/c1-20(19-37-26(34)22-10-6-3-7-11-22)24(32)27-23-18-31(28-35-23)30-14-12-29(13-15-30)16-17-36-25(33)21-8-4-2-5-9-21/h2-11,18,20H,12-17,19H2,1H3/t20-/m1/s1. The fraction of sp³-hybridized carbons (Fsp3) is 0.346. The molecule has 0 spiro atoms. The number of carbonyl (C=O) groups excluding carboxylic acids is 2. The summed E-state index contributed by atoms with van der Waals surface area (Å²) in [5, 5.41) is 18.5. The third-order valence-electron chi connectivity index (χ3n) is 5.85. The summed E-state index contributed by atoms with van der Waals surface area (Å²) in [6.07, 6.45) is 1.59. The lowest BCUT2D eigenvalue weighted by Gasteiger charge is -2.29. The quantitative estimate of drug-likeness (QED) is 0.218. The monoisotopic (exact) mass is 539 g/mol. The van der Waals surface area contributed by atoms with Crippen molar-refractivity contribution in [3.05, 3.63) is 78.0 Å².